The fourth-order valence-electron chi connectivity index (χ4n) is 2.93. The summed E-state index contributed by atoms with van der Waals surface area (Å²) >= 11 is 1.57. The summed E-state index contributed by atoms with van der Waals surface area (Å²) in [6, 6.07) is 5.76. The molecule has 1 aliphatic rings. The van der Waals surface area contributed by atoms with Gasteiger partial charge in [-0.15, -0.1) is 11.3 Å². The molecule has 6 heteroatoms. The maximum Gasteiger partial charge on any atom is 0.394 e. The first kappa shape index (κ1) is 14.0. The molecule has 1 N–H and O–H groups in total. The standard InChI is InChI=1S/C15H16N2O3S/c1-9-2-4-12(17(7-9)14(18)15(19)20)10-3-5-13-11(6-10)16-8-21-13/h3,5-6,8-9,12H,2,4,7H2,1H3,(H,19,20)/t9-,12+/m0/s1. The SMILES string of the molecule is C[C@H]1CC[C@H](c2ccc3scnc3c2)N(C(=O)C(=O)O)C1. The largest absolute Gasteiger partial charge is 0.474 e. The zero-order valence-electron chi connectivity index (χ0n) is 11.7. The van der Waals surface area contributed by atoms with E-state index in [1.807, 2.05) is 25.1 Å². The molecule has 0 saturated carbocycles. The number of carboxylic acids is 1. The molecule has 110 valence electrons. The lowest BCUT2D eigenvalue weighted by Crippen LogP contribution is -2.44. The molecule has 2 atom stereocenters. The molecule has 1 aliphatic heterocycles. The van der Waals surface area contributed by atoms with Crippen LogP contribution in [-0.2, 0) is 9.59 Å². The van der Waals surface area contributed by atoms with E-state index in [1.165, 1.54) is 4.90 Å². The fraction of sp³-hybridized carbons (Fsp3) is 0.400. The highest BCUT2D eigenvalue weighted by atomic mass is 32.1. The van der Waals surface area contributed by atoms with Crippen LogP contribution in [0.1, 0.15) is 31.4 Å². The number of fused-ring (bicyclic) bond motifs is 1. The molecular weight excluding hydrogens is 288 g/mol. The van der Waals surface area contributed by atoms with Crippen LogP contribution < -0.4 is 0 Å². The number of thiazole rings is 1. The second kappa shape index (κ2) is 5.44. The first-order valence-corrected chi connectivity index (χ1v) is 7.81. The normalized spacial score (nSPS) is 22.4. The van der Waals surface area contributed by atoms with Crippen molar-refractivity contribution in [3.63, 3.8) is 0 Å². The smallest absolute Gasteiger partial charge is 0.394 e. The van der Waals surface area contributed by atoms with Gasteiger partial charge in [-0.25, -0.2) is 9.78 Å². The van der Waals surface area contributed by atoms with Crippen molar-refractivity contribution in [3.8, 4) is 0 Å². The second-order valence-corrected chi connectivity index (χ2v) is 6.43. The van der Waals surface area contributed by atoms with Crippen molar-refractivity contribution in [3.05, 3.63) is 29.3 Å². The molecule has 1 fully saturated rings. The van der Waals surface area contributed by atoms with Crippen LogP contribution in [0, 0.1) is 5.92 Å². The van der Waals surface area contributed by atoms with Crippen LogP contribution in [0.25, 0.3) is 10.2 Å². The van der Waals surface area contributed by atoms with E-state index in [0.717, 1.165) is 28.6 Å². The third-order valence-corrected chi connectivity index (χ3v) is 4.81. The zero-order chi connectivity index (χ0) is 15.0. The molecule has 1 aromatic heterocycles. The minimum absolute atomic E-state index is 0.170. The van der Waals surface area contributed by atoms with Gasteiger partial charge < -0.3 is 10.0 Å². The van der Waals surface area contributed by atoms with Gasteiger partial charge in [-0.3, -0.25) is 4.79 Å². The average Bonchev–Trinajstić information content (AvgIpc) is 2.93. The van der Waals surface area contributed by atoms with Crippen LogP contribution in [0.2, 0.25) is 0 Å². The van der Waals surface area contributed by atoms with Crippen molar-refractivity contribution in [1.29, 1.82) is 0 Å². The van der Waals surface area contributed by atoms with Crippen LogP contribution in [0.4, 0.5) is 0 Å². The number of hydrogen-bond donors (Lipinski definition) is 1. The molecule has 1 saturated heterocycles. The number of aromatic nitrogens is 1. The van der Waals surface area contributed by atoms with Gasteiger partial charge in [0.25, 0.3) is 0 Å². The maximum atomic E-state index is 12.0. The van der Waals surface area contributed by atoms with Gasteiger partial charge in [-0.1, -0.05) is 13.0 Å². The molecule has 1 aromatic carbocycles. The van der Waals surface area contributed by atoms with Crippen molar-refractivity contribution in [2.75, 3.05) is 6.54 Å². The van der Waals surface area contributed by atoms with Crippen molar-refractivity contribution < 1.29 is 14.7 Å². The van der Waals surface area contributed by atoms with Gasteiger partial charge in [0.15, 0.2) is 0 Å². The lowest BCUT2D eigenvalue weighted by atomic mass is 9.89. The number of amides is 1. The number of hydrogen-bond acceptors (Lipinski definition) is 4. The molecular formula is C15H16N2O3S. The van der Waals surface area contributed by atoms with Crippen LogP contribution in [0.3, 0.4) is 0 Å². The highest BCUT2D eigenvalue weighted by Gasteiger charge is 2.34. The van der Waals surface area contributed by atoms with Crippen molar-refractivity contribution in [2.24, 2.45) is 5.92 Å². The predicted molar refractivity (Wildman–Crippen MR) is 80.1 cm³/mol. The van der Waals surface area contributed by atoms with Crippen LogP contribution in [-0.4, -0.2) is 33.4 Å². The number of piperidine rings is 1. The van der Waals surface area contributed by atoms with Gasteiger partial charge >= 0.3 is 11.9 Å². The van der Waals surface area contributed by atoms with Gasteiger partial charge in [-0.05, 0) is 36.5 Å². The number of carbonyl (C=O) groups is 2. The number of likely N-dealkylation sites (tertiary alicyclic amines) is 1. The number of aliphatic carboxylic acids is 1. The number of nitrogens with zero attached hydrogens (tertiary/aromatic N) is 2. The van der Waals surface area contributed by atoms with Crippen LogP contribution in [0.15, 0.2) is 23.7 Å². The molecule has 3 rings (SSSR count). The van der Waals surface area contributed by atoms with E-state index in [9.17, 15) is 9.59 Å². The van der Waals surface area contributed by atoms with Gasteiger partial charge in [0, 0.05) is 6.54 Å². The molecule has 2 heterocycles. The lowest BCUT2D eigenvalue weighted by molar-refractivity contribution is -0.158. The highest BCUT2D eigenvalue weighted by molar-refractivity contribution is 7.16. The Labute approximate surface area is 126 Å². The summed E-state index contributed by atoms with van der Waals surface area (Å²) in [5.41, 5.74) is 3.66. The van der Waals surface area contributed by atoms with Crippen molar-refractivity contribution in [2.45, 2.75) is 25.8 Å². The van der Waals surface area contributed by atoms with E-state index in [2.05, 4.69) is 4.98 Å². The minimum Gasteiger partial charge on any atom is -0.474 e. The van der Waals surface area contributed by atoms with E-state index < -0.39 is 11.9 Å². The van der Waals surface area contributed by atoms with E-state index in [1.54, 1.807) is 16.8 Å². The van der Waals surface area contributed by atoms with Crippen molar-refractivity contribution in [1.82, 2.24) is 9.88 Å². The third-order valence-electron chi connectivity index (χ3n) is 4.00. The summed E-state index contributed by atoms with van der Waals surface area (Å²) in [4.78, 5) is 28.8. The Balaban J connectivity index is 1.96. The Hall–Kier alpha value is -1.95. The Morgan fingerprint density at radius 2 is 2.19 bits per heavy atom. The van der Waals surface area contributed by atoms with Gasteiger partial charge in [0.05, 0.1) is 21.8 Å². The second-order valence-electron chi connectivity index (χ2n) is 5.54. The average molecular weight is 304 g/mol. The van der Waals surface area contributed by atoms with Crippen LogP contribution in [0.5, 0.6) is 0 Å². The monoisotopic (exact) mass is 304 g/mol. The van der Waals surface area contributed by atoms with Crippen molar-refractivity contribution >= 4 is 33.4 Å². The first-order valence-electron chi connectivity index (χ1n) is 6.93. The molecule has 0 spiro atoms. The molecule has 1 amide bonds. The van der Waals surface area contributed by atoms with Gasteiger partial charge in [-0.2, -0.15) is 0 Å². The van der Waals surface area contributed by atoms with E-state index in [0.29, 0.717) is 12.5 Å². The Morgan fingerprint density at radius 3 is 2.95 bits per heavy atom. The van der Waals surface area contributed by atoms with E-state index in [-0.39, 0.29) is 6.04 Å². The number of benzene rings is 1. The number of rotatable bonds is 1. The minimum atomic E-state index is -1.39. The Morgan fingerprint density at radius 1 is 1.38 bits per heavy atom. The topological polar surface area (TPSA) is 70.5 Å². The predicted octanol–water partition coefficient (Wildman–Crippen LogP) is 2.68. The van der Waals surface area contributed by atoms with Gasteiger partial charge in [0.2, 0.25) is 0 Å². The Bertz CT molecular complexity index is 697. The summed E-state index contributed by atoms with van der Waals surface area (Å²) < 4.78 is 1.10. The summed E-state index contributed by atoms with van der Waals surface area (Å²) in [6.07, 6.45) is 1.78. The maximum absolute atomic E-state index is 12.0. The number of carbonyl (C=O) groups excluding carboxylic acids is 1. The summed E-state index contributed by atoms with van der Waals surface area (Å²) in [6.45, 7) is 2.53. The summed E-state index contributed by atoms with van der Waals surface area (Å²) in [5.74, 6) is -1.87. The third kappa shape index (κ3) is 2.63. The molecule has 5 nitrogen and oxygen atoms in total. The lowest BCUT2D eigenvalue weighted by Gasteiger charge is -2.38. The molecule has 0 radical (unpaired) electrons. The first-order chi connectivity index (χ1) is 10.1. The highest BCUT2D eigenvalue weighted by Crippen LogP contribution is 2.34. The summed E-state index contributed by atoms with van der Waals surface area (Å²) in [5, 5.41) is 9.02. The molecule has 2 aromatic rings. The molecule has 0 unspecified atom stereocenters. The molecule has 0 bridgehead atoms. The quantitative estimate of drug-likeness (QED) is 0.822. The fourth-order valence-corrected chi connectivity index (χ4v) is 3.59. The van der Waals surface area contributed by atoms with E-state index >= 15 is 0 Å². The Kier molecular flexibility index (Phi) is 3.63. The number of carboxylic acid groups (broad SMARTS) is 1. The van der Waals surface area contributed by atoms with Crippen LogP contribution >= 0.6 is 11.3 Å². The summed E-state index contributed by atoms with van der Waals surface area (Å²) in [7, 11) is 0. The molecule has 0 aliphatic carbocycles. The molecule has 21 heavy (non-hydrogen) atoms. The van der Waals surface area contributed by atoms with Gasteiger partial charge in [0.1, 0.15) is 0 Å². The van der Waals surface area contributed by atoms with E-state index in [4.69, 9.17) is 5.11 Å². The zero-order valence-corrected chi connectivity index (χ0v) is 12.5.